The highest BCUT2D eigenvalue weighted by molar-refractivity contribution is 5.82. The summed E-state index contributed by atoms with van der Waals surface area (Å²) in [4.78, 5) is 10.8. The topological polar surface area (TPSA) is 26.3 Å². The highest BCUT2D eigenvalue weighted by atomic mass is 16.5. The third-order valence-corrected chi connectivity index (χ3v) is 3.88. The molecule has 0 fully saturated rings. The second-order valence-corrected chi connectivity index (χ2v) is 6.02. The van der Waals surface area contributed by atoms with E-state index < -0.39 is 0 Å². The van der Waals surface area contributed by atoms with Crippen molar-refractivity contribution in [1.29, 1.82) is 0 Å². The van der Waals surface area contributed by atoms with Crippen molar-refractivity contribution in [2.45, 2.75) is 84.0 Å². The van der Waals surface area contributed by atoms with Gasteiger partial charge in [0.05, 0.1) is 7.11 Å². The summed E-state index contributed by atoms with van der Waals surface area (Å²) in [6, 6.07) is 0. The van der Waals surface area contributed by atoms with Gasteiger partial charge < -0.3 is 4.74 Å². The minimum Gasteiger partial charge on any atom is -0.466 e. The van der Waals surface area contributed by atoms with E-state index in [-0.39, 0.29) is 5.97 Å². The summed E-state index contributed by atoms with van der Waals surface area (Å²) in [6.45, 7) is 2.27. The Kier molecular flexibility index (Phi) is 17.7. The first-order valence-corrected chi connectivity index (χ1v) is 9.39. The van der Waals surface area contributed by atoms with Crippen LogP contribution in [0.25, 0.3) is 0 Å². The lowest BCUT2D eigenvalue weighted by Gasteiger charge is -2.01. The first kappa shape index (κ1) is 21.7. The van der Waals surface area contributed by atoms with Crippen molar-refractivity contribution in [3.63, 3.8) is 0 Å². The van der Waals surface area contributed by atoms with Crippen molar-refractivity contribution < 1.29 is 9.53 Å². The first-order valence-electron chi connectivity index (χ1n) is 9.39. The molecule has 23 heavy (non-hydrogen) atoms. The van der Waals surface area contributed by atoms with E-state index in [1.807, 2.05) is 18.2 Å². The maximum absolute atomic E-state index is 10.8. The van der Waals surface area contributed by atoms with E-state index in [4.69, 9.17) is 0 Å². The summed E-state index contributed by atoms with van der Waals surface area (Å²) >= 11 is 0. The lowest BCUT2D eigenvalue weighted by Crippen LogP contribution is -1.92. The molecule has 0 N–H and O–H groups in total. The minimum absolute atomic E-state index is 0.320. The Labute approximate surface area is 143 Å². The number of esters is 1. The standard InChI is InChI=1S/C21H36O2/c1-3-4-5-6-7-8-9-10-11-12-13-14-15-16-17-18-19-20-21(22)23-2/h15-20H,3-14H2,1-2H3/b16-15+,18-17+,20-19+. The predicted molar refractivity (Wildman–Crippen MR) is 101 cm³/mol. The van der Waals surface area contributed by atoms with Gasteiger partial charge in [-0.2, -0.15) is 0 Å². The monoisotopic (exact) mass is 320 g/mol. The van der Waals surface area contributed by atoms with Gasteiger partial charge in [0, 0.05) is 6.08 Å². The van der Waals surface area contributed by atoms with E-state index in [9.17, 15) is 4.79 Å². The molecular weight excluding hydrogens is 284 g/mol. The quantitative estimate of drug-likeness (QED) is 0.148. The Morgan fingerprint density at radius 2 is 1.26 bits per heavy atom. The Morgan fingerprint density at radius 3 is 1.83 bits per heavy atom. The van der Waals surface area contributed by atoms with Gasteiger partial charge in [0.1, 0.15) is 0 Å². The Balaban J connectivity index is 3.26. The van der Waals surface area contributed by atoms with Gasteiger partial charge in [0.15, 0.2) is 0 Å². The molecule has 0 aliphatic carbocycles. The number of hydrogen-bond donors (Lipinski definition) is 0. The van der Waals surface area contributed by atoms with Gasteiger partial charge >= 0.3 is 5.97 Å². The number of hydrogen-bond acceptors (Lipinski definition) is 2. The van der Waals surface area contributed by atoms with E-state index in [2.05, 4.69) is 17.7 Å². The van der Waals surface area contributed by atoms with Crippen LogP contribution < -0.4 is 0 Å². The molecule has 132 valence electrons. The maximum Gasteiger partial charge on any atom is 0.330 e. The lowest BCUT2D eigenvalue weighted by atomic mass is 10.1. The number of carbonyl (C=O) groups excluding carboxylic acids is 1. The fraction of sp³-hybridized carbons (Fsp3) is 0.667. The molecule has 0 aromatic carbocycles. The third-order valence-electron chi connectivity index (χ3n) is 3.88. The van der Waals surface area contributed by atoms with Crippen LogP contribution in [-0.4, -0.2) is 13.1 Å². The number of rotatable bonds is 15. The second kappa shape index (κ2) is 18.7. The smallest absolute Gasteiger partial charge is 0.330 e. The molecule has 0 aromatic rings. The Bertz CT molecular complexity index is 340. The van der Waals surface area contributed by atoms with Gasteiger partial charge in [-0.15, -0.1) is 0 Å². The summed E-state index contributed by atoms with van der Waals surface area (Å²) in [5.41, 5.74) is 0. The molecule has 0 saturated carbocycles. The van der Waals surface area contributed by atoms with Crippen LogP contribution in [0.2, 0.25) is 0 Å². The molecule has 0 aliphatic rings. The number of methoxy groups -OCH3 is 1. The van der Waals surface area contributed by atoms with E-state index >= 15 is 0 Å². The molecule has 0 aliphatic heterocycles. The fourth-order valence-electron chi connectivity index (χ4n) is 2.43. The second-order valence-electron chi connectivity index (χ2n) is 6.02. The SMILES string of the molecule is CCCCCCCCCCCCC/C=C/C=C/C=C/C(=O)OC. The summed E-state index contributed by atoms with van der Waals surface area (Å²) in [5, 5.41) is 0. The van der Waals surface area contributed by atoms with Gasteiger partial charge in [-0.05, 0) is 12.8 Å². The average molecular weight is 321 g/mol. The van der Waals surface area contributed by atoms with Crippen molar-refractivity contribution in [1.82, 2.24) is 0 Å². The minimum atomic E-state index is -0.320. The van der Waals surface area contributed by atoms with E-state index in [0.717, 1.165) is 6.42 Å². The fourth-order valence-corrected chi connectivity index (χ4v) is 2.43. The molecule has 0 spiro atoms. The lowest BCUT2D eigenvalue weighted by molar-refractivity contribution is -0.134. The molecule has 0 amide bonds. The van der Waals surface area contributed by atoms with E-state index in [1.165, 1.54) is 83.8 Å². The van der Waals surface area contributed by atoms with Crippen molar-refractivity contribution in [2.24, 2.45) is 0 Å². The summed E-state index contributed by atoms with van der Waals surface area (Å²) in [7, 11) is 1.38. The zero-order valence-electron chi connectivity index (χ0n) is 15.3. The van der Waals surface area contributed by atoms with Crippen molar-refractivity contribution in [2.75, 3.05) is 7.11 Å². The Morgan fingerprint density at radius 1 is 0.739 bits per heavy atom. The van der Waals surface area contributed by atoms with Crippen LogP contribution in [0.15, 0.2) is 36.5 Å². The van der Waals surface area contributed by atoms with Crippen LogP contribution >= 0.6 is 0 Å². The Hall–Kier alpha value is -1.31. The number of carbonyl (C=O) groups is 1. The van der Waals surface area contributed by atoms with Crippen molar-refractivity contribution in [3.05, 3.63) is 36.5 Å². The van der Waals surface area contributed by atoms with E-state index in [1.54, 1.807) is 6.08 Å². The van der Waals surface area contributed by atoms with Gasteiger partial charge in [-0.3, -0.25) is 0 Å². The molecule has 2 heteroatoms. The van der Waals surface area contributed by atoms with Crippen molar-refractivity contribution >= 4 is 5.97 Å². The highest BCUT2D eigenvalue weighted by Gasteiger charge is 1.92. The van der Waals surface area contributed by atoms with Crippen LogP contribution in [0.4, 0.5) is 0 Å². The van der Waals surface area contributed by atoms with Crippen LogP contribution in [-0.2, 0) is 9.53 Å². The summed E-state index contributed by atoms with van der Waals surface area (Å²) in [6.07, 6.45) is 27.5. The molecule has 0 unspecified atom stereocenters. The third kappa shape index (κ3) is 18.6. The van der Waals surface area contributed by atoms with Crippen LogP contribution in [0, 0.1) is 0 Å². The van der Waals surface area contributed by atoms with Gasteiger partial charge in [-0.25, -0.2) is 4.79 Å². The molecule has 0 heterocycles. The molecule has 2 nitrogen and oxygen atoms in total. The predicted octanol–water partition coefficient (Wildman–Crippen LogP) is 6.53. The summed E-state index contributed by atoms with van der Waals surface area (Å²) < 4.78 is 4.50. The molecule has 0 saturated heterocycles. The number of ether oxygens (including phenoxy) is 1. The molecule has 0 radical (unpaired) electrons. The first-order chi connectivity index (χ1) is 11.3. The molecule has 0 atom stereocenters. The number of unbranched alkanes of at least 4 members (excludes halogenated alkanes) is 11. The normalized spacial score (nSPS) is 11.9. The molecule has 0 bridgehead atoms. The number of allylic oxidation sites excluding steroid dienone is 5. The van der Waals surface area contributed by atoms with Crippen LogP contribution in [0.3, 0.4) is 0 Å². The van der Waals surface area contributed by atoms with E-state index in [0.29, 0.717) is 0 Å². The molecule has 0 aromatic heterocycles. The van der Waals surface area contributed by atoms with Gasteiger partial charge in [0.25, 0.3) is 0 Å². The average Bonchev–Trinajstić information content (AvgIpc) is 2.57. The summed E-state index contributed by atoms with van der Waals surface area (Å²) in [5.74, 6) is -0.320. The van der Waals surface area contributed by atoms with Crippen LogP contribution in [0.1, 0.15) is 84.0 Å². The zero-order chi connectivity index (χ0) is 17.0. The van der Waals surface area contributed by atoms with Crippen LogP contribution in [0.5, 0.6) is 0 Å². The largest absolute Gasteiger partial charge is 0.466 e. The van der Waals surface area contributed by atoms with Gasteiger partial charge in [-0.1, -0.05) is 102 Å². The highest BCUT2D eigenvalue weighted by Crippen LogP contribution is 2.11. The zero-order valence-corrected chi connectivity index (χ0v) is 15.3. The maximum atomic E-state index is 10.8. The van der Waals surface area contributed by atoms with Gasteiger partial charge in [0.2, 0.25) is 0 Å². The van der Waals surface area contributed by atoms with Crippen molar-refractivity contribution in [3.8, 4) is 0 Å². The molecular formula is C21H36O2. The molecule has 0 rings (SSSR count).